The van der Waals surface area contributed by atoms with Crippen molar-refractivity contribution in [2.45, 2.75) is 45.7 Å². The first kappa shape index (κ1) is 23.1. The molecule has 2 aliphatic rings. The van der Waals surface area contributed by atoms with Gasteiger partial charge in [0.25, 0.3) is 0 Å². The van der Waals surface area contributed by atoms with Gasteiger partial charge < -0.3 is 19.0 Å². The Kier molecular flexibility index (Phi) is 8.70. The zero-order valence-corrected chi connectivity index (χ0v) is 19.5. The number of ether oxygens (including phenoxy) is 3. The Bertz CT molecular complexity index is 793. The average molecular weight is 516 g/mol. The third kappa shape index (κ3) is 8.45. The summed E-state index contributed by atoms with van der Waals surface area (Å²) in [6, 6.07) is 4.03. The molecule has 2 atom stereocenters. The zero-order valence-electron chi connectivity index (χ0n) is 16.3. The van der Waals surface area contributed by atoms with E-state index >= 15 is 0 Å². The largest absolute Gasteiger partial charge is 0.368 e. The molecule has 0 spiro atoms. The number of pyridine rings is 2. The Morgan fingerprint density at radius 2 is 1.43 bits per heavy atom. The Balaban J connectivity index is 0.000000175. The summed E-state index contributed by atoms with van der Waals surface area (Å²) in [5.41, 5.74) is 2.21. The van der Waals surface area contributed by atoms with E-state index in [4.69, 9.17) is 14.2 Å². The van der Waals surface area contributed by atoms with Gasteiger partial charge in [0.05, 0.1) is 13.2 Å². The summed E-state index contributed by atoms with van der Waals surface area (Å²) in [5.74, 6) is -0.313. The Morgan fingerprint density at radius 3 is 1.79 bits per heavy atom. The van der Waals surface area contributed by atoms with Crippen molar-refractivity contribution in [1.29, 1.82) is 0 Å². The molecule has 6 nitrogen and oxygen atoms in total. The minimum atomic E-state index is -0.479. The molecular weight excluding hydrogens is 492 g/mol. The van der Waals surface area contributed by atoms with Crippen molar-refractivity contribution >= 4 is 37.6 Å². The molecule has 8 heteroatoms. The molecule has 0 N–H and O–H groups in total. The highest BCUT2D eigenvalue weighted by atomic mass is 79.9. The number of carbonyl (C=O) groups excluding carboxylic acids is 1. The normalized spacial score (nSPS) is 21.6. The molecule has 152 valence electrons. The van der Waals surface area contributed by atoms with Crippen molar-refractivity contribution in [3.8, 4) is 0 Å². The van der Waals surface area contributed by atoms with E-state index in [0.717, 1.165) is 26.7 Å². The van der Waals surface area contributed by atoms with Crippen molar-refractivity contribution < 1.29 is 19.0 Å². The van der Waals surface area contributed by atoms with Crippen LogP contribution in [-0.2, 0) is 19.0 Å². The molecule has 2 unspecified atom stereocenters. The van der Waals surface area contributed by atoms with Crippen molar-refractivity contribution in [3.05, 3.63) is 57.0 Å². The Morgan fingerprint density at radius 1 is 0.964 bits per heavy atom. The van der Waals surface area contributed by atoms with E-state index in [1.54, 1.807) is 18.6 Å². The lowest BCUT2D eigenvalue weighted by molar-refractivity contribution is -0.139. The van der Waals surface area contributed by atoms with Gasteiger partial charge in [0.15, 0.2) is 5.79 Å². The number of hydrogen-bond donors (Lipinski definition) is 0. The molecule has 4 heterocycles. The van der Waals surface area contributed by atoms with Crippen molar-refractivity contribution in [3.63, 3.8) is 0 Å². The van der Waals surface area contributed by atoms with Gasteiger partial charge in [-0.1, -0.05) is 0 Å². The molecule has 0 bridgehead atoms. The fourth-order valence-corrected chi connectivity index (χ4v) is 3.07. The van der Waals surface area contributed by atoms with Gasteiger partial charge in [-0.15, -0.1) is 0 Å². The van der Waals surface area contributed by atoms with Crippen LogP contribution in [0.25, 0.3) is 0 Å². The quantitative estimate of drug-likeness (QED) is 0.513. The molecule has 2 aromatic heterocycles. The smallest absolute Gasteiger partial charge is 0.163 e. The second-order valence-electron chi connectivity index (χ2n) is 6.92. The van der Waals surface area contributed by atoms with E-state index in [0.29, 0.717) is 12.7 Å². The zero-order chi connectivity index (χ0) is 20.7. The summed E-state index contributed by atoms with van der Waals surface area (Å²) in [6.07, 6.45) is 7.47. The van der Waals surface area contributed by atoms with Crippen LogP contribution in [0.5, 0.6) is 0 Å². The number of epoxide rings is 1. The van der Waals surface area contributed by atoms with Crippen LogP contribution in [0, 0.1) is 0 Å². The number of halogens is 2. The van der Waals surface area contributed by atoms with Crippen LogP contribution < -0.4 is 0 Å². The van der Waals surface area contributed by atoms with Crippen molar-refractivity contribution in [1.82, 2.24) is 9.97 Å². The monoisotopic (exact) mass is 514 g/mol. The highest BCUT2D eigenvalue weighted by molar-refractivity contribution is 9.10. The summed E-state index contributed by atoms with van der Waals surface area (Å²) < 4.78 is 18.3. The standard InChI is InChI=1S/C10H12BrNO2.C7H6BrNO.C3H6O/c1-10(2)13-6-9(14-10)7-3-8(11)5-12-4-7;8-6-1-5(2-9-3-6)7-4-10-7;1-3(2)4/h3-5,9H,6H2,1-2H3;1-3,7H,4H2;1-2H3. The number of aromatic nitrogens is 2. The van der Waals surface area contributed by atoms with Crippen LogP contribution in [0.15, 0.2) is 45.9 Å². The van der Waals surface area contributed by atoms with E-state index in [-0.39, 0.29) is 11.9 Å². The van der Waals surface area contributed by atoms with Gasteiger partial charge in [0, 0.05) is 44.9 Å². The molecule has 2 fully saturated rings. The minimum absolute atomic E-state index is 0.00463. The number of Topliss-reactive ketones (excluding diaryl/α,β-unsaturated/α-hetero) is 1. The molecule has 2 saturated heterocycles. The van der Waals surface area contributed by atoms with Crippen LogP contribution in [-0.4, -0.2) is 34.8 Å². The maximum absolute atomic E-state index is 9.44. The third-order valence-corrected chi connectivity index (χ3v) is 4.40. The highest BCUT2D eigenvalue weighted by Crippen LogP contribution is 2.33. The van der Waals surface area contributed by atoms with E-state index in [9.17, 15) is 4.79 Å². The molecule has 2 aliphatic heterocycles. The minimum Gasteiger partial charge on any atom is -0.368 e. The average Bonchev–Trinajstić information content (AvgIpc) is 3.38. The molecule has 0 aromatic carbocycles. The van der Waals surface area contributed by atoms with E-state index in [2.05, 4.69) is 41.8 Å². The van der Waals surface area contributed by atoms with Crippen LogP contribution in [0.4, 0.5) is 0 Å². The SMILES string of the molecule is Brc1cncc(C2CO2)c1.CC(C)=O.CC1(C)OCC(c2cncc(Br)c2)O1. The maximum Gasteiger partial charge on any atom is 0.163 e. The summed E-state index contributed by atoms with van der Waals surface area (Å²) >= 11 is 6.72. The highest BCUT2D eigenvalue weighted by Gasteiger charge is 2.33. The second-order valence-corrected chi connectivity index (χ2v) is 8.75. The predicted molar refractivity (Wildman–Crippen MR) is 113 cm³/mol. The number of carbonyl (C=O) groups is 1. The number of hydrogen-bond acceptors (Lipinski definition) is 6. The first-order valence-electron chi connectivity index (χ1n) is 8.78. The van der Waals surface area contributed by atoms with Gasteiger partial charge in [0.1, 0.15) is 18.0 Å². The fraction of sp³-hybridized carbons (Fsp3) is 0.450. The van der Waals surface area contributed by atoms with Gasteiger partial charge in [-0.25, -0.2) is 0 Å². The first-order chi connectivity index (χ1) is 13.2. The van der Waals surface area contributed by atoms with Crippen LogP contribution in [0.1, 0.15) is 51.0 Å². The van der Waals surface area contributed by atoms with E-state index in [1.165, 1.54) is 13.8 Å². The van der Waals surface area contributed by atoms with Crippen LogP contribution >= 0.6 is 31.9 Å². The van der Waals surface area contributed by atoms with Gasteiger partial charge >= 0.3 is 0 Å². The van der Waals surface area contributed by atoms with E-state index < -0.39 is 5.79 Å². The Hall–Kier alpha value is -1.19. The predicted octanol–water partition coefficient (Wildman–Crippen LogP) is 5.18. The van der Waals surface area contributed by atoms with Crippen molar-refractivity contribution in [2.75, 3.05) is 13.2 Å². The number of ketones is 1. The number of nitrogens with zero attached hydrogens (tertiary/aromatic N) is 2. The third-order valence-electron chi connectivity index (χ3n) is 3.54. The lowest BCUT2D eigenvalue weighted by Crippen LogP contribution is -2.19. The maximum atomic E-state index is 9.44. The molecule has 2 aromatic rings. The van der Waals surface area contributed by atoms with Gasteiger partial charge in [0.2, 0.25) is 0 Å². The molecule has 0 radical (unpaired) electrons. The summed E-state index contributed by atoms with van der Waals surface area (Å²) in [7, 11) is 0. The summed E-state index contributed by atoms with van der Waals surface area (Å²) in [5, 5.41) is 0. The number of rotatable bonds is 2. The topological polar surface area (TPSA) is 73.8 Å². The molecule has 0 amide bonds. The molecule has 28 heavy (non-hydrogen) atoms. The Labute approximate surface area is 182 Å². The van der Waals surface area contributed by atoms with Crippen LogP contribution in [0.3, 0.4) is 0 Å². The van der Waals surface area contributed by atoms with Crippen molar-refractivity contribution in [2.24, 2.45) is 0 Å². The fourth-order valence-electron chi connectivity index (χ4n) is 2.30. The molecule has 0 aliphatic carbocycles. The van der Waals surface area contributed by atoms with Gasteiger partial charge in [-0.05, 0) is 71.7 Å². The summed E-state index contributed by atoms with van der Waals surface area (Å²) in [6.45, 7) is 8.32. The lowest BCUT2D eigenvalue weighted by Gasteiger charge is -2.17. The molecule has 0 saturated carbocycles. The van der Waals surface area contributed by atoms with Gasteiger partial charge in [-0.3, -0.25) is 9.97 Å². The first-order valence-corrected chi connectivity index (χ1v) is 10.4. The second kappa shape index (κ2) is 10.5. The summed E-state index contributed by atoms with van der Waals surface area (Å²) in [4.78, 5) is 17.6. The van der Waals surface area contributed by atoms with Gasteiger partial charge in [-0.2, -0.15) is 0 Å². The van der Waals surface area contributed by atoms with Crippen LogP contribution in [0.2, 0.25) is 0 Å². The molecule has 4 rings (SSSR count). The molecular formula is C20H24Br2N2O4. The lowest BCUT2D eigenvalue weighted by atomic mass is 10.2. The van der Waals surface area contributed by atoms with E-state index in [1.807, 2.05) is 32.2 Å².